The first-order chi connectivity index (χ1) is 10.9. The van der Waals surface area contributed by atoms with Gasteiger partial charge in [0.05, 0.1) is 5.69 Å². The van der Waals surface area contributed by atoms with Crippen LogP contribution in [0.5, 0.6) is 0 Å². The number of nitrogens with zero attached hydrogens (tertiary/aromatic N) is 2. The van der Waals surface area contributed by atoms with Crippen molar-refractivity contribution in [3.63, 3.8) is 0 Å². The smallest absolute Gasteiger partial charge is 0.244 e. The van der Waals surface area contributed by atoms with Crippen LogP contribution in [0.3, 0.4) is 0 Å². The van der Waals surface area contributed by atoms with Crippen LogP contribution in [0.1, 0.15) is 50.1 Å². The van der Waals surface area contributed by atoms with Crippen LogP contribution in [0.25, 0.3) is 0 Å². The van der Waals surface area contributed by atoms with Crippen molar-refractivity contribution in [1.82, 2.24) is 14.5 Å². The highest BCUT2D eigenvalue weighted by Crippen LogP contribution is 2.19. The van der Waals surface area contributed by atoms with Crippen LogP contribution in [-0.2, 0) is 23.0 Å². The van der Waals surface area contributed by atoms with E-state index in [9.17, 15) is 8.42 Å². The van der Waals surface area contributed by atoms with Gasteiger partial charge in [-0.2, -0.15) is 5.10 Å². The zero-order valence-corrected chi connectivity index (χ0v) is 15.0. The molecule has 1 heterocycles. The molecule has 0 saturated carbocycles. The second kappa shape index (κ2) is 7.27. The minimum Gasteiger partial charge on any atom is -0.271 e. The number of rotatable bonds is 7. The lowest BCUT2D eigenvalue weighted by Crippen LogP contribution is -2.27. The highest BCUT2D eigenvalue weighted by Gasteiger charge is 2.22. The van der Waals surface area contributed by atoms with Crippen molar-refractivity contribution in [3.05, 3.63) is 47.3 Å². The summed E-state index contributed by atoms with van der Waals surface area (Å²) in [5, 5.41) is 4.20. The molecule has 1 N–H and O–H groups in total. The fourth-order valence-corrected chi connectivity index (χ4v) is 3.97. The highest BCUT2D eigenvalue weighted by atomic mass is 32.2. The van der Waals surface area contributed by atoms with E-state index in [-0.39, 0.29) is 10.9 Å². The zero-order valence-electron chi connectivity index (χ0n) is 14.2. The molecular weight excluding hydrogens is 310 g/mol. The molecule has 2 aromatic rings. The number of sulfonamides is 1. The van der Waals surface area contributed by atoms with Gasteiger partial charge in [-0.15, -0.1) is 0 Å². The summed E-state index contributed by atoms with van der Waals surface area (Å²) in [6, 6.07) is 7.80. The first kappa shape index (κ1) is 17.7. The molecule has 0 bridgehead atoms. The predicted molar refractivity (Wildman–Crippen MR) is 91.8 cm³/mol. The second-order valence-electron chi connectivity index (χ2n) is 5.77. The summed E-state index contributed by atoms with van der Waals surface area (Å²) >= 11 is 0. The van der Waals surface area contributed by atoms with E-state index in [1.165, 1.54) is 5.56 Å². The quantitative estimate of drug-likeness (QED) is 0.845. The van der Waals surface area contributed by atoms with Crippen LogP contribution in [0, 0.1) is 6.92 Å². The minimum atomic E-state index is -3.58. The Hall–Kier alpha value is -1.66. The van der Waals surface area contributed by atoms with Crippen molar-refractivity contribution in [2.45, 2.75) is 58.0 Å². The molecule has 0 saturated heterocycles. The van der Waals surface area contributed by atoms with E-state index in [1.54, 1.807) is 17.8 Å². The van der Waals surface area contributed by atoms with Crippen molar-refractivity contribution in [3.8, 4) is 0 Å². The van der Waals surface area contributed by atoms with Gasteiger partial charge in [0, 0.05) is 18.8 Å². The molecule has 1 atom stereocenters. The van der Waals surface area contributed by atoms with Gasteiger partial charge in [0.15, 0.2) is 0 Å². The van der Waals surface area contributed by atoms with Gasteiger partial charge in [0.1, 0.15) is 4.90 Å². The summed E-state index contributed by atoms with van der Waals surface area (Å²) in [6.45, 7) is 8.28. The van der Waals surface area contributed by atoms with Crippen LogP contribution in [0.15, 0.2) is 35.4 Å². The van der Waals surface area contributed by atoms with Crippen molar-refractivity contribution in [1.29, 1.82) is 0 Å². The molecule has 0 spiro atoms. The van der Waals surface area contributed by atoms with Crippen LogP contribution < -0.4 is 4.72 Å². The largest absolute Gasteiger partial charge is 0.271 e. The van der Waals surface area contributed by atoms with Gasteiger partial charge in [-0.05, 0) is 38.3 Å². The molecule has 1 aromatic heterocycles. The van der Waals surface area contributed by atoms with E-state index in [1.807, 2.05) is 26.0 Å². The Bertz CT molecular complexity index is 749. The molecule has 0 radical (unpaired) electrons. The normalized spacial score (nSPS) is 13.2. The maximum absolute atomic E-state index is 12.6. The third-order valence-electron chi connectivity index (χ3n) is 3.87. The highest BCUT2D eigenvalue weighted by molar-refractivity contribution is 7.89. The van der Waals surface area contributed by atoms with E-state index in [2.05, 4.69) is 28.9 Å². The van der Waals surface area contributed by atoms with Gasteiger partial charge in [0.25, 0.3) is 0 Å². The van der Waals surface area contributed by atoms with Crippen molar-refractivity contribution in [2.24, 2.45) is 0 Å². The summed E-state index contributed by atoms with van der Waals surface area (Å²) in [7, 11) is -3.58. The number of hydrogen-bond acceptors (Lipinski definition) is 3. The molecule has 2 rings (SSSR count). The van der Waals surface area contributed by atoms with Crippen molar-refractivity contribution >= 4 is 10.0 Å². The van der Waals surface area contributed by atoms with Crippen LogP contribution in [0.2, 0.25) is 0 Å². The Morgan fingerprint density at radius 2 is 1.87 bits per heavy atom. The summed E-state index contributed by atoms with van der Waals surface area (Å²) in [6.07, 6.45) is 3.72. The van der Waals surface area contributed by atoms with Crippen LogP contribution >= 0.6 is 0 Å². The number of nitrogens with one attached hydrogen (secondary N) is 1. The summed E-state index contributed by atoms with van der Waals surface area (Å²) in [5.41, 5.74) is 2.74. The first-order valence-electron chi connectivity index (χ1n) is 8.02. The molecule has 6 heteroatoms. The van der Waals surface area contributed by atoms with Gasteiger partial charge in [-0.3, -0.25) is 4.68 Å². The number of benzene rings is 1. The molecule has 0 amide bonds. The molecule has 5 nitrogen and oxygen atoms in total. The molecule has 0 aliphatic rings. The maximum atomic E-state index is 12.6. The summed E-state index contributed by atoms with van der Waals surface area (Å²) in [4.78, 5) is 0.244. The lowest BCUT2D eigenvalue weighted by atomic mass is 10.0. The van der Waals surface area contributed by atoms with Gasteiger partial charge >= 0.3 is 0 Å². The number of hydrogen-bond donors (Lipinski definition) is 1. The summed E-state index contributed by atoms with van der Waals surface area (Å²) < 4.78 is 29.5. The fourth-order valence-electron chi connectivity index (χ4n) is 2.55. The monoisotopic (exact) mass is 335 g/mol. The van der Waals surface area contributed by atoms with Gasteiger partial charge in [-0.1, -0.05) is 37.6 Å². The molecule has 1 unspecified atom stereocenters. The lowest BCUT2D eigenvalue weighted by Gasteiger charge is -2.14. The molecule has 1 aromatic carbocycles. The molecule has 0 aliphatic carbocycles. The van der Waals surface area contributed by atoms with Gasteiger partial charge in [-0.25, -0.2) is 13.1 Å². The van der Waals surface area contributed by atoms with Gasteiger partial charge < -0.3 is 0 Å². The maximum Gasteiger partial charge on any atom is 0.244 e. The Balaban J connectivity index is 2.17. The molecule has 126 valence electrons. The molecule has 23 heavy (non-hydrogen) atoms. The Morgan fingerprint density at radius 3 is 2.39 bits per heavy atom. The average molecular weight is 335 g/mol. The minimum absolute atomic E-state index is 0.244. The Labute approximate surface area is 138 Å². The van der Waals surface area contributed by atoms with Crippen molar-refractivity contribution in [2.75, 3.05) is 0 Å². The fraction of sp³-hybridized carbons (Fsp3) is 0.471. The van der Waals surface area contributed by atoms with Crippen LogP contribution in [-0.4, -0.2) is 18.2 Å². The molecule has 0 fully saturated rings. The lowest BCUT2D eigenvalue weighted by molar-refractivity contribution is 0.566. The molecule has 0 aliphatic heterocycles. The SMILES string of the molecule is CCCc1ccc(C(C)NS(=O)(=O)c2cn(CC)nc2C)cc1. The predicted octanol–water partition coefficient (Wildman–Crippen LogP) is 3.20. The van der Waals surface area contributed by atoms with E-state index >= 15 is 0 Å². The number of aryl methyl sites for hydroxylation is 3. The zero-order chi connectivity index (χ0) is 17.0. The third kappa shape index (κ3) is 4.20. The topological polar surface area (TPSA) is 64.0 Å². The van der Waals surface area contributed by atoms with E-state index in [4.69, 9.17) is 0 Å². The first-order valence-corrected chi connectivity index (χ1v) is 9.51. The van der Waals surface area contributed by atoms with E-state index in [0.29, 0.717) is 12.2 Å². The standard InChI is InChI=1S/C17H25N3O2S/c1-5-7-15-8-10-16(11-9-15)13(3)19-23(21,22)17-12-20(6-2)18-14(17)4/h8-13,19H,5-7H2,1-4H3. The number of aromatic nitrogens is 2. The summed E-state index contributed by atoms with van der Waals surface area (Å²) in [5.74, 6) is 0. The third-order valence-corrected chi connectivity index (χ3v) is 5.51. The Kier molecular flexibility index (Phi) is 5.59. The average Bonchev–Trinajstić information content (AvgIpc) is 2.90. The van der Waals surface area contributed by atoms with Crippen molar-refractivity contribution < 1.29 is 8.42 Å². The van der Waals surface area contributed by atoms with Crippen LogP contribution in [0.4, 0.5) is 0 Å². The molecular formula is C17H25N3O2S. The van der Waals surface area contributed by atoms with Gasteiger partial charge in [0.2, 0.25) is 10.0 Å². The van der Waals surface area contributed by atoms with E-state index < -0.39 is 10.0 Å². The Morgan fingerprint density at radius 1 is 1.22 bits per heavy atom. The second-order valence-corrected chi connectivity index (χ2v) is 7.45. The van der Waals surface area contributed by atoms with E-state index in [0.717, 1.165) is 18.4 Å².